The summed E-state index contributed by atoms with van der Waals surface area (Å²) in [4.78, 5) is 0. The fourth-order valence-corrected chi connectivity index (χ4v) is 2.44. The number of rotatable bonds is 3. The highest BCUT2D eigenvalue weighted by molar-refractivity contribution is 9.10. The summed E-state index contributed by atoms with van der Waals surface area (Å²) in [6.07, 6.45) is 0.998. The van der Waals surface area contributed by atoms with E-state index in [1.165, 1.54) is 11.1 Å². The van der Waals surface area contributed by atoms with Gasteiger partial charge in [0.2, 0.25) is 0 Å². The second-order valence-electron chi connectivity index (χ2n) is 3.85. The van der Waals surface area contributed by atoms with Crippen molar-refractivity contribution in [3.63, 3.8) is 0 Å². The third-order valence-corrected chi connectivity index (χ3v) is 3.36. The van der Waals surface area contributed by atoms with Gasteiger partial charge in [0.25, 0.3) is 0 Å². The first-order valence-corrected chi connectivity index (χ1v) is 6.25. The highest BCUT2D eigenvalue weighted by Crippen LogP contribution is 2.41. The number of halogens is 1. The number of hydrogen-bond donors (Lipinski definition) is 1. The van der Waals surface area contributed by atoms with Gasteiger partial charge >= 0.3 is 0 Å². The highest BCUT2D eigenvalue weighted by Gasteiger charge is 2.19. The first kappa shape index (κ1) is 11.7. The summed E-state index contributed by atoms with van der Waals surface area (Å²) in [6.45, 7) is 4.31. The first-order valence-electron chi connectivity index (χ1n) is 5.46. The summed E-state index contributed by atoms with van der Waals surface area (Å²) in [5.41, 5.74) is 2.48. The van der Waals surface area contributed by atoms with Gasteiger partial charge in [-0.05, 0) is 60.1 Å². The summed E-state index contributed by atoms with van der Waals surface area (Å²) in [5.74, 6) is 1.74. The van der Waals surface area contributed by atoms with Crippen molar-refractivity contribution in [1.82, 2.24) is 5.32 Å². The maximum Gasteiger partial charge on any atom is 0.175 e. The molecule has 0 atom stereocenters. The fraction of sp³-hybridized carbons (Fsp3) is 0.500. The Kier molecular flexibility index (Phi) is 3.71. The van der Waals surface area contributed by atoms with E-state index < -0.39 is 0 Å². The van der Waals surface area contributed by atoms with Crippen LogP contribution in [-0.4, -0.2) is 26.8 Å². The molecular formula is C12H16BrNO2. The Morgan fingerprint density at radius 3 is 2.69 bits per heavy atom. The lowest BCUT2D eigenvalue weighted by atomic mass is 10.0. The molecule has 0 radical (unpaired) electrons. The SMILES string of the molecule is CNCCc1cc(Br)c2c(c1C)OCCO2. The molecule has 88 valence electrons. The molecule has 0 bridgehead atoms. The summed E-state index contributed by atoms with van der Waals surface area (Å²) < 4.78 is 12.3. The lowest BCUT2D eigenvalue weighted by molar-refractivity contribution is 0.169. The van der Waals surface area contributed by atoms with Gasteiger partial charge in [-0.1, -0.05) is 0 Å². The highest BCUT2D eigenvalue weighted by atomic mass is 79.9. The van der Waals surface area contributed by atoms with E-state index in [9.17, 15) is 0 Å². The van der Waals surface area contributed by atoms with Crippen LogP contribution in [0.1, 0.15) is 11.1 Å². The van der Waals surface area contributed by atoms with E-state index in [2.05, 4.69) is 34.2 Å². The molecule has 0 aromatic heterocycles. The van der Waals surface area contributed by atoms with Crippen LogP contribution in [0.25, 0.3) is 0 Å². The smallest absolute Gasteiger partial charge is 0.175 e. The average molecular weight is 286 g/mol. The minimum atomic E-state index is 0.626. The minimum Gasteiger partial charge on any atom is -0.486 e. The van der Waals surface area contributed by atoms with Crippen LogP contribution in [0.2, 0.25) is 0 Å². The monoisotopic (exact) mass is 285 g/mol. The van der Waals surface area contributed by atoms with Gasteiger partial charge in [-0.15, -0.1) is 0 Å². The van der Waals surface area contributed by atoms with E-state index in [1.807, 2.05) is 7.05 Å². The summed E-state index contributed by atoms with van der Waals surface area (Å²) in [7, 11) is 1.96. The van der Waals surface area contributed by atoms with Crippen LogP contribution in [0.15, 0.2) is 10.5 Å². The zero-order valence-electron chi connectivity index (χ0n) is 9.60. The number of nitrogens with one attached hydrogen (secondary N) is 1. The van der Waals surface area contributed by atoms with Crippen molar-refractivity contribution in [3.8, 4) is 11.5 Å². The van der Waals surface area contributed by atoms with Crippen molar-refractivity contribution in [2.75, 3.05) is 26.8 Å². The standard InChI is InChI=1S/C12H16BrNO2/c1-8-9(3-4-14-2)7-10(13)12-11(8)15-5-6-16-12/h7,14H,3-6H2,1-2H3. The second kappa shape index (κ2) is 5.06. The van der Waals surface area contributed by atoms with E-state index in [0.29, 0.717) is 13.2 Å². The molecule has 1 N–H and O–H groups in total. The van der Waals surface area contributed by atoms with Gasteiger partial charge in [0.15, 0.2) is 11.5 Å². The van der Waals surface area contributed by atoms with Crippen LogP contribution >= 0.6 is 15.9 Å². The van der Waals surface area contributed by atoms with E-state index >= 15 is 0 Å². The maximum atomic E-state index is 5.68. The molecule has 4 heteroatoms. The average Bonchev–Trinajstić information content (AvgIpc) is 2.32. The molecule has 16 heavy (non-hydrogen) atoms. The molecule has 0 aliphatic carbocycles. The lowest BCUT2D eigenvalue weighted by Crippen LogP contribution is -2.18. The van der Waals surface area contributed by atoms with Crippen molar-refractivity contribution >= 4 is 15.9 Å². The number of hydrogen-bond acceptors (Lipinski definition) is 3. The molecule has 0 amide bonds. The normalized spacial score (nSPS) is 13.9. The van der Waals surface area contributed by atoms with Crippen molar-refractivity contribution in [3.05, 3.63) is 21.7 Å². The quantitative estimate of drug-likeness (QED) is 0.924. The van der Waals surface area contributed by atoms with Crippen molar-refractivity contribution in [2.24, 2.45) is 0 Å². The molecular weight excluding hydrogens is 270 g/mol. The van der Waals surface area contributed by atoms with Crippen molar-refractivity contribution in [2.45, 2.75) is 13.3 Å². The largest absolute Gasteiger partial charge is 0.486 e. The Bertz CT molecular complexity index is 393. The minimum absolute atomic E-state index is 0.626. The molecule has 0 saturated carbocycles. The Balaban J connectivity index is 2.37. The molecule has 0 spiro atoms. The zero-order valence-corrected chi connectivity index (χ0v) is 11.2. The first-order chi connectivity index (χ1) is 7.74. The molecule has 0 unspecified atom stereocenters. The topological polar surface area (TPSA) is 30.5 Å². The van der Waals surface area contributed by atoms with Gasteiger partial charge in [-0.25, -0.2) is 0 Å². The van der Waals surface area contributed by atoms with Crippen LogP contribution in [0.3, 0.4) is 0 Å². The number of ether oxygens (including phenoxy) is 2. The van der Waals surface area contributed by atoms with Crippen LogP contribution in [0.5, 0.6) is 11.5 Å². The molecule has 1 aliphatic rings. The Hall–Kier alpha value is -0.740. The van der Waals surface area contributed by atoms with Gasteiger partial charge in [-0.2, -0.15) is 0 Å². The van der Waals surface area contributed by atoms with Crippen molar-refractivity contribution in [1.29, 1.82) is 0 Å². The number of benzene rings is 1. The third kappa shape index (κ3) is 2.18. The summed E-state index contributed by atoms with van der Waals surface area (Å²) in [5, 5.41) is 3.16. The molecule has 0 fully saturated rings. The van der Waals surface area contributed by atoms with Crippen molar-refractivity contribution < 1.29 is 9.47 Å². The Morgan fingerprint density at radius 2 is 2.00 bits per heavy atom. The Labute approximate surface area is 104 Å². The van der Waals surface area contributed by atoms with E-state index in [4.69, 9.17) is 9.47 Å². The van der Waals surface area contributed by atoms with Gasteiger partial charge in [-0.3, -0.25) is 0 Å². The Morgan fingerprint density at radius 1 is 1.31 bits per heavy atom. The predicted octanol–water partition coefficient (Wildman–Crippen LogP) is 2.29. The van der Waals surface area contributed by atoms with Gasteiger partial charge < -0.3 is 14.8 Å². The predicted molar refractivity (Wildman–Crippen MR) is 67.5 cm³/mol. The van der Waals surface area contributed by atoms with Crippen LogP contribution in [-0.2, 0) is 6.42 Å². The fourth-order valence-electron chi connectivity index (χ4n) is 1.87. The van der Waals surface area contributed by atoms with Gasteiger partial charge in [0, 0.05) is 0 Å². The molecule has 1 aliphatic heterocycles. The van der Waals surface area contributed by atoms with E-state index in [0.717, 1.165) is 28.9 Å². The zero-order chi connectivity index (χ0) is 11.5. The lowest BCUT2D eigenvalue weighted by Gasteiger charge is -2.23. The van der Waals surface area contributed by atoms with Gasteiger partial charge in [0.1, 0.15) is 13.2 Å². The van der Waals surface area contributed by atoms with Crippen LogP contribution < -0.4 is 14.8 Å². The van der Waals surface area contributed by atoms with Gasteiger partial charge in [0.05, 0.1) is 4.47 Å². The van der Waals surface area contributed by atoms with Crippen LogP contribution in [0, 0.1) is 6.92 Å². The molecule has 1 aromatic rings. The molecule has 1 heterocycles. The third-order valence-electron chi connectivity index (χ3n) is 2.77. The number of fused-ring (bicyclic) bond motifs is 1. The van der Waals surface area contributed by atoms with Crippen LogP contribution in [0.4, 0.5) is 0 Å². The summed E-state index contributed by atoms with van der Waals surface area (Å²) in [6, 6.07) is 2.13. The molecule has 0 saturated heterocycles. The second-order valence-corrected chi connectivity index (χ2v) is 4.71. The maximum absolute atomic E-state index is 5.68. The van der Waals surface area contributed by atoms with E-state index in [1.54, 1.807) is 0 Å². The molecule has 2 rings (SSSR count). The summed E-state index contributed by atoms with van der Waals surface area (Å²) >= 11 is 3.53. The molecule has 1 aromatic carbocycles. The number of likely N-dealkylation sites (N-methyl/N-ethyl adjacent to an activating group) is 1. The van der Waals surface area contributed by atoms with E-state index in [-0.39, 0.29) is 0 Å². The molecule has 3 nitrogen and oxygen atoms in total.